The third-order valence-electron chi connectivity index (χ3n) is 2.79. The monoisotopic (exact) mass is 231 g/mol. The minimum atomic E-state index is -0.603. The predicted molar refractivity (Wildman–Crippen MR) is 60.8 cm³/mol. The van der Waals surface area contributed by atoms with Crippen molar-refractivity contribution in [2.75, 3.05) is 0 Å². The molecule has 0 unspecified atom stereocenters. The van der Waals surface area contributed by atoms with Gasteiger partial charge in [-0.2, -0.15) is 0 Å². The van der Waals surface area contributed by atoms with Gasteiger partial charge in [0.2, 0.25) is 6.21 Å². The third-order valence-corrected chi connectivity index (χ3v) is 2.79. The number of hydrogen-bond donors (Lipinski definition) is 0. The molecule has 0 bridgehead atoms. The van der Waals surface area contributed by atoms with Gasteiger partial charge in [0.15, 0.2) is 0 Å². The van der Waals surface area contributed by atoms with Gasteiger partial charge in [-0.3, -0.25) is 5.21 Å². The zero-order valence-corrected chi connectivity index (χ0v) is 9.04. The summed E-state index contributed by atoms with van der Waals surface area (Å²) in [6.07, 6.45) is 0.655. The van der Waals surface area contributed by atoms with Crippen molar-refractivity contribution in [2.45, 2.75) is 13.0 Å². The van der Waals surface area contributed by atoms with E-state index in [1.165, 1.54) is 6.21 Å². The molecule has 2 aromatic rings. The van der Waals surface area contributed by atoms with Crippen molar-refractivity contribution >= 4 is 17.2 Å². The van der Waals surface area contributed by atoms with Crippen molar-refractivity contribution in [3.63, 3.8) is 0 Å². The highest BCUT2D eigenvalue weighted by atomic mass is 16.9. The van der Waals surface area contributed by atoms with E-state index in [0.717, 1.165) is 5.39 Å². The van der Waals surface area contributed by atoms with Crippen LogP contribution in [0.5, 0.6) is 0 Å². The van der Waals surface area contributed by atoms with Crippen LogP contribution in [0.1, 0.15) is 24.2 Å². The van der Waals surface area contributed by atoms with Gasteiger partial charge in [0.25, 0.3) is 0 Å². The lowest BCUT2D eigenvalue weighted by Gasteiger charge is -2.20. The van der Waals surface area contributed by atoms with Gasteiger partial charge in [-0.25, -0.2) is 4.79 Å². The van der Waals surface area contributed by atoms with Crippen molar-refractivity contribution in [1.29, 1.82) is 0 Å². The van der Waals surface area contributed by atoms with Gasteiger partial charge in [-0.1, -0.05) is 18.2 Å². The first kappa shape index (κ1) is 9.89. The highest BCUT2D eigenvalue weighted by Gasteiger charge is 2.25. The first-order chi connectivity index (χ1) is 8.16. The van der Waals surface area contributed by atoms with Crippen LogP contribution in [0.2, 0.25) is 0 Å². The van der Waals surface area contributed by atoms with Crippen molar-refractivity contribution in [3.05, 3.63) is 51.0 Å². The second-order valence-electron chi connectivity index (χ2n) is 3.88. The van der Waals surface area contributed by atoms with E-state index in [4.69, 9.17) is 9.25 Å². The molecule has 0 fully saturated rings. The van der Waals surface area contributed by atoms with E-state index < -0.39 is 11.7 Å². The van der Waals surface area contributed by atoms with Crippen molar-refractivity contribution in [3.8, 4) is 0 Å². The van der Waals surface area contributed by atoms with Crippen molar-refractivity contribution < 1.29 is 14.2 Å². The van der Waals surface area contributed by atoms with Gasteiger partial charge in [0.1, 0.15) is 5.58 Å². The van der Waals surface area contributed by atoms with Crippen LogP contribution in [-0.2, 0) is 4.84 Å². The third kappa shape index (κ3) is 1.39. The van der Waals surface area contributed by atoms with Crippen LogP contribution in [0, 0.1) is 5.21 Å². The van der Waals surface area contributed by atoms with Gasteiger partial charge in [0, 0.05) is 10.3 Å². The van der Waals surface area contributed by atoms with Crippen LogP contribution in [0.25, 0.3) is 11.0 Å². The summed E-state index contributed by atoms with van der Waals surface area (Å²) in [7, 11) is 0. The first-order valence-electron chi connectivity index (χ1n) is 5.20. The zero-order chi connectivity index (χ0) is 12.0. The molecule has 17 heavy (non-hydrogen) atoms. The lowest BCUT2D eigenvalue weighted by molar-refractivity contribution is -0.753. The number of nitrogens with zero attached hydrogens (tertiary/aromatic N) is 1. The van der Waals surface area contributed by atoms with Gasteiger partial charge in [-0.15, -0.1) is 0 Å². The predicted octanol–water partition coefficient (Wildman–Crippen LogP) is 1.73. The number of fused-ring (bicyclic) bond motifs is 3. The molecule has 0 spiro atoms. The Morgan fingerprint density at radius 1 is 1.35 bits per heavy atom. The molecule has 3 rings (SSSR count). The maximum Gasteiger partial charge on any atom is 0.341 e. The second-order valence-corrected chi connectivity index (χ2v) is 3.88. The number of rotatable bonds is 0. The molecule has 1 aromatic carbocycles. The normalized spacial score (nSPS) is 18.4. The smallest absolute Gasteiger partial charge is 0.341 e. The molecule has 86 valence electrons. The van der Waals surface area contributed by atoms with Crippen LogP contribution in [-0.4, -0.2) is 11.1 Å². The van der Waals surface area contributed by atoms with E-state index in [-0.39, 0.29) is 0 Å². The SMILES string of the molecule is C[C@@H]1O[N+]([O-])=Cc2c1c(=O)oc1ccccc21. The fourth-order valence-electron chi connectivity index (χ4n) is 2.06. The molecule has 5 nitrogen and oxygen atoms in total. The molecule has 1 aliphatic heterocycles. The Morgan fingerprint density at radius 3 is 2.94 bits per heavy atom. The van der Waals surface area contributed by atoms with E-state index in [1.54, 1.807) is 25.1 Å². The molecule has 1 aromatic heterocycles. The summed E-state index contributed by atoms with van der Waals surface area (Å²) in [5, 5.41) is 12.0. The summed E-state index contributed by atoms with van der Waals surface area (Å²) in [6.45, 7) is 1.64. The molecule has 5 heteroatoms. The van der Waals surface area contributed by atoms with Crippen molar-refractivity contribution in [1.82, 2.24) is 0 Å². The quantitative estimate of drug-likeness (QED) is 0.511. The highest BCUT2D eigenvalue weighted by molar-refractivity contribution is 5.97. The van der Waals surface area contributed by atoms with Crippen molar-refractivity contribution in [2.24, 2.45) is 0 Å². The standard InChI is InChI=1S/C12H9NO4/c1-7-11-9(6-13(15)17-7)8-4-2-3-5-10(8)16-12(11)14/h2-7H,1H3/t7-/m0/s1. The Bertz CT molecular complexity index is 686. The lowest BCUT2D eigenvalue weighted by atomic mass is 10.0. The average Bonchev–Trinajstić information content (AvgIpc) is 2.28. The number of hydrogen-bond acceptors (Lipinski definition) is 4. The van der Waals surface area contributed by atoms with Gasteiger partial charge in [-0.05, 0) is 13.0 Å². The van der Waals surface area contributed by atoms with Crippen LogP contribution in [0.4, 0.5) is 0 Å². The maximum absolute atomic E-state index is 11.8. The molecule has 0 amide bonds. The minimum absolute atomic E-state index is 0.374. The van der Waals surface area contributed by atoms with E-state index in [1.807, 2.05) is 6.07 Å². The Hall–Kier alpha value is -2.30. The molecule has 0 aliphatic carbocycles. The van der Waals surface area contributed by atoms with E-state index in [9.17, 15) is 10.0 Å². The number of para-hydroxylation sites is 1. The van der Waals surface area contributed by atoms with Gasteiger partial charge in [0.05, 0.1) is 17.2 Å². The summed E-state index contributed by atoms with van der Waals surface area (Å²) >= 11 is 0. The molecule has 0 N–H and O–H groups in total. The summed E-state index contributed by atoms with van der Waals surface area (Å²) in [5.41, 5.74) is 0.965. The second kappa shape index (κ2) is 3.35. The molecule has 1 aliphatic rings. The van der Waals surface area contributed by atoms with E-state index >= 15 is 0 Å². The van der Waals surface area contributed by atoms with Gasteiger partial charge >= 0.3 is 5.63 Å². The zero-order valence-electron chi connectivity index (χ0n) is 9.04. The lowest BCUT2D eigenvalue weighted by Crippen LogP contribution is -2.25. The number of benzene rings is 1. The maximum atomic E-state index is 11.8. The molecule has 0 saturated heterocycles. The minimum Gasteiger partial charge on any atom is -0.422 e. The first-order valence-corrected chi connectivity index (χ1v) is 5.20. The highest BCUT2D eigenvalue weighted by Crippen LogP contribution is 2.26. The fourth-order valence-corrected chi connectivity index (χ4v) is 2.06. The Morgan fingerprint density at radius 2 is 2.12 bits per heavy atom. The Balaban J connectivity index is 2.49. The van der Waals surface area contributed by atoms with Crippen LogP contribution >= 0.6 is 0 Å². The molecule has 0 saturated carbocycles. The fraction of sp³-hybridized carbons (Fsp3) is 0.167. The molecule has 1 atom stereocenters. The summed E-state index contributed by atoms with van der Waals surface area (Å²) in [6, 6.07) is 7.10. The summed E-state index contributed by atoms with van der Waals surface area (Å²) in [4.78, 5) is 17.1. The summed E-state index contributed by atoms with van der Waals surface area (Å²) in [5.74, 6) is 0. The molecule has 2 heterocycles. The molecule has 0 radical (unpaired) electrons. The average molecular weight is 231 g/mol. The largest absolute Gasteiger partial charge is 0.422 e. The topological polar surface area (TPSA) is 65.5 Å². The van der Waals surface area contributed by atoms with Crippen LogP contribution in [0.15, 0.2) is 33.5 Å². The molecular formula is C12H9NO4. The molecular weight excluding hydrogens is 222 g/mol. The van der Waals surface area contributed by atoms with E-state index in [0.29, 0.717) is 21.6 Å². The summed E-state index contributed by atoms with van der Waals surface area (Å²) < 4.78 is 5.19. The Labute approximate surface area is 96.1 Å². The van der Waals surface area contributed by atoms with Crippen LogP contribution < -0.4 is 5.63 Å². The van der Waals surface area contributed by atoms with Crippen LogP contribution in [0.3, 0.4) is 0 Å². The van der Waals surface area contributed by atoms with E-state index in [2.05, 4.69) is 0 Å². The Kier molecular flexibility index (Phi) is 1.95. The van der Waals surface area contributed by atoms with Gasteiger partial charge < -0.3 is 9.25 Å².